The molecule has 0 aromatic heterocycles. The van der Waals surface area contributed by atoms with Crippen LogP contribution in [0.2, 0.25) is 0 Å². The van der Waals surface area contributed by atoms with Crippen LogP contribution in [0, 0.1) is 0 Å². The molecular formula is C28H29IO. The lowest BCUT2D eigenvalue weighted by Gasteiger charge is -2.17. The second-order valence-corrected chi connectivity index (χ2v) is 8.93. The molecule has 3 aromatic rings. The molecule has 0 heterocycles. The number of benzene rings is 3. The molecule has 0 fully saturated rings. The first-order valence-corrected chi connectivity index (χ1v) is 12.6. The first-order chi connectivity index (χ1) is 14.9. The second-order valence-electron chi connectivity index (χ2n) is 7.85. The highest BCUT2D eigenvalue weighted by atomic mass is 127. The van der Waals surface area contributed by atoms with E-state index in [0.717, 1.165) is 31.6 Å². The van der Waals surface area contributed by atoms with Crippen molar-refractivity contribution in [1.29, 1.82) is 0 Å². The van der Waals surface area contributed by atoms with Crippen LogP contribution in [-0.4, -0.2) is 11.0 Å². The average Bonchev–Trinajstić information content (AvgIpc) is 3.00. The number of fused-ring (bicyclic) bond motifs is 1. The quantitative estimate of drug-likeness (QED) is 0.170. The predicted octanol–water partition coefficient (Wildman–Crippen LogP) is 7.97. The van der Waals surface area contributed by atoms with Gasteiger partial charge >= 0.3 is 0 Å². The summed E-state index contributed by atoms with van der Waals surface area (Å²) in [7, 11) is 0. The largest absolute Gasteiger partial charge is 0.494 e. The van der Waals surface area contributed by atoms with E-state index >= 15 is 0 Å². The van der Waals surface area contributed by atoms with Gasteiger partial charge in [-0.25, -0.2) is 0 Å². The van der Waals surface area contributed by atoms with Crippen molar-refractivity contribution in [2.45, 2.75) is 38.5 Å². The highest BCUT2D eigenvalue weighted by Crippen LogP contribution is 2.40. The lowest BCUT2D eigenvalue weighted by molar-refractivity contribution is 0.306. The highest BCUT2D eigenvalue weighted by molar-refractivity contribution is 14.1. The van der Waals surface area contributed by atoms with Gasteiger partial charge in [0.25, 0.3) is 0 Å². The molecule has 0 atom stereocenters. The van der Waals surface area contributed by atoms with Gasteiger partial charge in [-0.3, -0.25) is 0 Å². The van der Waals surface area contributed by atoms with Crippen molar-refractivity contribution in [2.24, 2.45) is 0 Å². The average molecular weight is 508 g/mol. The molecule has 0 spiro atoms. The summed E-state index contributed by atoms with van der Waals surface area (Å²) >= 11 is 2.44. The maximum atomic E-state index is 5.98. The van der Waals surface area contributed by atoms with Crippen LogP contribution < -0.4 is 4.74 Å². The van der Waals surface area contributed by atoms with Crippen molar-refractivity contribution in [2.75, 3.05) is 11.0 Å². The van der Waals surface area contributed by atoms with Crippen LogP contribution in [0.3, 0.4) is 0 Å². The molecular weight excluding hydrogens is 479 g/mol. The molecule has 1 nitrogen and oxygen atoms in total. The molecule has 0 radical (unpaired) electrons. The molecule has 0 bridgehead atoms. The smallest absolute Gasteiger partial charge is 0.119 e. The Balaban J connectivity index is 1.67. The zero-order valence-corrected chi connectivity index (χ0v) is 19.6. The molecule has 3 aromatic carbocycles. The number of allylic oxidation sites excluding steroid dienone is 1. The monoisotopic (exact) mass is 508 g/mol. The summed E-state index contributed by atoms with van der Waals surface area (Å²) in [5, 5.41) is 0. The number of alkyl halides is 1. The first kappa shape index (κ1) is 21.2. The van der Waals surface area contributed by atoms with Crippen LogP contribution in [0.25, 0.3) is 11.1 Å². The van der Waals surface area contributed by atoms with E-state index in [0.29, 0.717) is 0 Å². The maximum absolute atomic E-state index is 5.98. The van der Waals surface area contributed by atoms with E-state index < -0.39 is 0 Å². The van der Waals surface area contributed by atoms with Gasteiger partial charge in [-0.05, 0) is 88.5 Å². The van der Waals surface area contributed by atoms with Crippen LogP contribution in [0.5, 0.6) is 5.75 Å². The standard InChI is InChI=1S/C28H29IO/c29-20-7-2-8-21-30-25-18-16-24(17-19-25)28-26-14-6-5-12-23(26)13-9-15-27(28)22-10-3-1-4-11-22/h1,3-6,10-12,14,16-19H,2,7-9,13,15,20-21H2. The Hall–Kier alpha value is -2.07. The fraction of sp³-hybridized carbons (Fsp3) is 0.286. The van der Waals surface area contributed by atoms with E-state index in [1.54, 1.807) is 0 Å². The van der Waals surface area contributed by atoms with Gasteiger partial charge in [-0.1, -0.05) is 89.3 Å². The predicted molar refractivity (Wildman–Crippen MR) is 136 cm³/mol. The minimum atomic E-state index is 0.802. The Bertz CT molecular complexity index is 973. The Morgan fingerprint density at radius 2 is 1.47 bits per heavy atom. The van der Waals surface area contributed by atoms with E-state index in [4.69, 9.17) is 4.74 Å². The third-order valence-electron chi connectivity index (χ3n) is 5.77. The van der Waals surface area contributed by atoms with Crippen LogP contribution in [0.15, 0.2) is 78.9 Å². The summed E-state index contributed by atoms with van der Waals surface area (Å²) in [4.78, 5) is 0. The van der Waals surface area contributed by atoms with E-state index in [-0.39, 0.29) is 0 Å². The maximum Gasteiger partial charge on any atom is 0.119 e. The van der Waals surface area contributed by atoms with Gasteiger partial charge in [0.05, 0.1) is 6.61 Å². The Labute approximate surface area is 194 Å². The van der Waals surface area contributed by atoms with Crippen LogP contribution in [0.1, 0.15) is 54.4 Å². The molecule has 4 rings (SSSR count). The van der Waals surface area contributed by atoms with Crippen LogP contribution in [-0.2, 0) is 6.42 Å². The highest BCUT2D eigenvalue weighted by Gasteiger charge is 2.19. The Morgan fingerprint density at radius 3 is 2.27 bits per heavy atom. The lowest BCUT2D eigenvalue weighted by atomic mass is 9.88. The lowest BCUT2D eigenvalue weighted by Crippen LogP contribution is -1.99. The molecule has 1 aliphatic rings. The molecule has 0 amide bonds. The van der Waals surface area contributed by atoms with Gasteiger partial charge in [-0.15, -0.1) is 0 Å². The summed E-state index contributed by atoms with van der Waals surface area (Å²) in [6, 6.07) is 28.5. The van der Waals surface area contributed by atoms with Gasteiger partial charge in [0.1, 0.15) is 5.75 Å². The minimum Gasteiger partial charge on any atom is -0.494 e. The van der Waals surface area contributed by atoms with Crippen molar-refractivity contribution in [3.8, 4) is 5.75 Å². The Kier molecular flexibility index (Phi) is 7.63. The summed E-state index contributed by atoms with van der Waals surface area (Å²) in [6.45, 7) is 0.802. The molecule has 1 aliphatic carbocycles. The molecule has 2 heteroatoms. The number of ether oxygens (including phenoxy) is 1. The first-order valence-electron chi connectivity index (χ1n) is 11.0. The van der Waals surface area contributed by atoms with Gasteiger partial charge in [-0.2, -0.15) is 0 Å². The molecule has 0 saturated heterocycles. The van der Waals surface area contributed by atoms with Crippen molar-refractivity contribution in [1.82, 2.24) is 0 Å². The number of hydrogen-bond acceptors (Lipinski definition) is 1. The van der Waals surface area contributed by atoms with Crippen molar-refractivity contribution in [3.05, 3.63) is 101 Å². The number of rotatable bonds is 8. The fourth-order valence-corrected chi connectivity index (χ4v) is 4.80. The summed E-state index contributed by atoms with van der Waals surface area (Å²) < 4.78 is 7.21. The van der Waals surface area contributed by atoms with E-state index in [2.05, 4.69) is 101 Å². The van der Waals surface area contributed by atoms with Gasteiger partial charge in [0.15, 0.2) is 0 Å². The van der Waals surface area contributed by atoms with Gasteiger partial charge in [0, 0.05) is 0 Å². The van der Waals surface area contributed by atoms with E-state index in [9.17, 15) is 0 Å². The third-order valence-corrected chi connectivity index (χ3v) is 6.54. The van der Waals surface area contributed by atoms with Crippen molar-refractivity contribution < 1.29 is 4.74 Å². The number of aryl methyl sites for hydroxylation is 1. The van der Waals surface area contributed by atoms with Gasteiger partial charge in [0.2, 0.25) is 0 Å². The van der Waals surface area contributed by atoms with Crippen LogP contribution >= 0.6 is 22.6 Å². The fourth-order valence-electron chi connectivity index (χ4n) is 4.26. The number of halogens is 1. The summed E-state index contributed by atoms with van der Waals surface area (Å²) in [5.74, 6) is 0.969. The summed E-state index contributed by atoms with van der Waals surface area (Å²) in [6.07, 6.45) is 7.06. The zero-order chi connectivity index (χ0) is 20.6. The number of hydrogen-bond donors (Lipinski definition) is 0. The molecule has 154 valence electrons. The molecule has 0 saturated carbocycles. The molecule has 30 heavy (non-hydrogen) atoms. The second kappa shape index (κ2) is 10.8. The molecule has 0 unspecified atom stereocenters. The zero-order valence-electron chi connectivity index (χ0n) is 17.4. The SMILES string of the molecule is ICCCCCOc1ccc(C2=C(c3ccccc3)CCCc3ccccc32)cc1. The third kappa shape index (κ3) is 5.15. The number of unbranched alkanes of at least 4 members (excludes halogenated alkanes) is 2. The van der Waals surface area contributed by atoms with E-state index in [1.165, 1.54) is 57.1 Å². The Morgan fingerprint density at radius 1 is 0.700 bits per heavy atom. The van der Waals surface area contributed by atoms with E-state index in [1.807, 2.05) is 0 Å². The van der Waals surface area contributed by atoms with Gasteiger partial charge < -0.3 is 4.74 Å². The topological polar surface area (TPSA) is 9.23 Å². The molecule has 0 N–H and O–H groups in total. The minimum absolute atomic E-state index is 0.802. The summed E-state index contributed by atoms with van der Waals surface area (Å²) in [5.41, 5.74) is 8.27. The molecule has 0 aliphatic heterocycles. The van der Waals surface area contributed by atoms with Crippen molar-refractivity contribution in [3.63, 3.8) is 0 Å². The van der Waals surface area contributed by atoms with Crippen molar-refractivity contribution >= 4 is 33.7 Å². The normalized spacial score (nSPS) is 13.6. The van der Waals surface area contributed by atoms with Crippen LogP contribution in [0.4, 0.5) is 0 Å².